The van der Waals surface area contributed by atoms with Gasteiger partial charge in [0.1, 0.15) is 0 Å². The number of benzene rings is 1. The standard InChI is InChI=1S/C16H22O/c1-11-5-6-16(17-10-11)9-15-8-13(3)12(2)7-14(15)4/h6-8,11H,5,9-10H2,1-4H3. The van der Waals surface area contributed by atoms with E-state index in [1.54, 1.807) is 0 Å². The minimum atomic E-state index is 0.666. The van der Waals surface area contributed by atoms with Crippen molar-refractivity contribution >= 4 is 0 Å². The SMILES string of the molecule is Cc1cc(C)c(CC2=CCC(C)CO2)cc1C. The number of aryl methyl sites for hydroxylation is 3. The summed E-state index contributed by atoms with van der Waals surface area (Å²) in [7, 11) is 0. The predicted molar refractivity (Wildman–Crippen MR) is 72.2 cm³/mol. The lowest BCUT2D eigenvalue weighted by molar-refractivity contribution is 0.150. The van der Waals surface area contributed by atoms with Crippen LogP contribution in [0.2, 0.25) is 0 Å². The topological polar surface area (TPSA) is 9.23 Å². The zero-order chi connectivity index (χ0) is 12.4. The first-order valence-electron chi connectivity index (χ1n) is 6.45. The van der Waals surface area contributed by atoms with Crippen molar-refractivity contribution in [1.82, 2.24) is 0 Å². The molecular weight excluding hydrogens is 208 g/mol. The number of allylic oxidation sites excluding steroid dienone is 2. The van der Waals surface area contributed by atoms with Crippen LogP contribution >= 0.6 is 0 Å². The molecule has 1 atom stereocenters. The summed E-state index contributed by atoms with van der Waals surface area (Å²) < 4.78 is 5.78. The molecule has 0 fully saturated rings. The molecule has 0 aromatic heterocycles. The van der Waals surface area contributed by atoms with Crippen molar-refractivity contribution in [3.8, 4) is 0 Å². The molecule has 0 saturated carbocycles. The van der Waals surface area contributed by atoms with Crippen LogP contribution < -0.4 is 0 Å². The Labute approximate surface area is 104 Å². The van der Waals surface area contributed by atoms with E-state index in [1.807, 2.05) is 0 Å². The molecule has 1 nitrogen and oxygen atoms in total. The molecule has 0 saturated heterocycles. The van der Waals surface area contributed by atoms with Gasteiger partial charge in [-0.2, -0.15) is 0 Å². The lowest BCUT2D eigenvalue weighted by Gasteiger charge is -2.21. The van der Waals surface area contributed by atoms with Crippen molar-refractivity contribution in [2.75, 3.05) is 6.61 Å². The van der Waals surface area contributed by atoms with Gasteiger partial charge in [-0.3, -0.25) is 0 Å². The van der Waals surface area contributed by atoms with Gasteiger partial charge in [0.25, 0.3) is 0 Å². The van der Waals surface area contributed by atoms with Crippen molar-refractivity contribution < 1.29 is 4.74 Å². The van der Waals surface area contributed by atoms with E-state index >= 15 is 0 Å². The van der Waals surface area contributed by atoms with E-state index < -0.39 is 0 Å². The van der Waals surface area contributed by atoms with Crippen LogP contribution in [0.25, 0.3) is 0 Å². The molecule has 92 valence electrons. The first-order chi connectivity index (χ1) is 8.06. The van der Waals surface area contributed by atoms with Crippen LogP contribution in [0.15, 0.2) is 24.0 Å². The molecule has 17 heavy (non-hydrogen) atoms. The molecule has 0 radical (unpaired) electrons. The Morgan fingerprint density at radius 2 is 1.82 bits per heavy atom. The minimum absolute atomic E-state index is 0.666. The lowest BCUT2D eigenvalue weighted by Crippen LogP contribution is -2.12. The van der Waals surface area contributed by atoms with Gasteiger partial charge in [-0.15, -0.1) is 0 Å². The van der Waals surface area contributed by atoms with E-state index in [2.05, 4.69) is 45.9 Å². The molecule has 1 aromatic rings. The Hall–Kier alpha value is -1.24. The molecule has 0 spiro atoms. The first-order valence-corrected chi connectivity index (χ1v) is 6.45. The van der Waals surface area contributed by atoms with Crippen molar-refractivity contribution in [2.24, 2.45) is 5.92 Å². The Bertz CT molecular complexity index is 443. The quantitative estimate of drug-likeness (QED) is 0.743. The van der Waals surface area contributed by atoms with Crippen LogP contribution in [0.4, 0.5) is 0 Å². The highest BCUT2D eigenvalue weighted by Crippen LogP contribution is 2.22. The van der Waals surface area contributed by atoms with E-state index in [0.29, 0.717) is 5.92 Å². The monoisotopic (exact) mass is 230 g/mol. The normalized spacial score (nSPS) is 19.8. The number of hydrogen-bond acceptors (Lipinski definition) is 1. The predicted octanol–water partition coefficient (Wildman–Crippen LogP) is 4.09. The van der Waals surface area contributed by atoms with E-state index in [0.717, 1.165) is 25.2 Å². The fourth-order valence-corrected chi connectivity index (χ4v) is 2.23. The maximum absolute atomic E-state index is 5.78. The van der Waals surface area contributed by atoms with Gasteiger partial charge in [0.05, 0.1) is 12.4 Å². The summed E-state index contributed by atoms with van der Waals surface area (Å²) in [6, 6.07) is 4.57. The summed E-state index contributed by atoms with van der Waals surface area (Å²) in [5, 5.41) is 0. The van der Waals surface area contributed by atoms with Gasteiger partial charge < -0.3 is 4.74 Å². The van der Waals surface area contributed by atoms with Crippen molar-refractivity contribution in [3.05, 3.63) is 46.2 Å². The first kappa shape index (κ1) is 12.2. The van der Waals surface area contributed by atoms with Crippen LogP contribution in [-0.4, -0.2) is 6.61 Å². The second-order valence-electron chi connectivity index (χ2n) is 5.36. The summed E-state index contributed by atoms with van der Waals surface area (Å²) in [5.74, 6) is 1.81. The molecule has 0 amide bonds. The van der Waals surface area contributed by atoms with Crippen LogP contribution in [0.1, 0.15) is 35.6 Å². The third kappa shape index (κ3) is 2.91. The molecule has 0 bridgehead atoms. The second kappa shape index (κ2) is 4.95. The van der Waals surface area contributed by atoms with E-state index in [9.17, 15) is 0 Å². The van der Waals surface area contributed by atoms with Gasteiger partial charge in [0.15, 0.2) is 0 Å². The molecule has 1 aromatic carbocycles. The number of rotatable bonds is 2. The van der Waals surface area contributed by atoms with Crippen LogP contribution in [0.3, 0.4) is 0 Å². The molecule has 2 rings (SSSR count). The smallest absolute Gasteiger partial charge is 0.0964 e. The van der Waals surface area contributed by atoms with Gasteiger partial charge in [-0.25, -0.2) is 0 Å². The van der Waals surface area contributed by atoms with Gasteiger partial charge in [0.2, 0.25) is 0 Å². The van der Waals surface area contributed by atoms with Gasteiger partial charge in [0, 0.05) is 6.42 Å². The average molecular weight is 230 g/mol. The second-order valence-corrected chi connectivity index (χ2v) is 5.36. The van der Waals surface area contributed by atoms with Crippen LogP contribution in [-0.2, 0) is 11.2 Å². The molecule has 0 aliphatic carbocycles. The average Bonchev–Trinajstić information content (AvgIpc) is 2.29. The molecule has 1 aliphatic heterocycles. The van der Waals surface area contributed by atoms with Crippen molar-refractivity contribution in [2.45, 2.75) is 40.5 Å². The third-order valence-electron chi connectivity index (χ3n) is 3.62. The van der Waals surface area contributed by atoms with E-state index in [-0.39, 0.29) is 0 Å². The highest BCUT2D eigenvalue weighted by molar-refractivity contribution is 5.38. The Morgan fingerprint density at radius 1 is 1.12 bits per heavy atom. The maximum atomic E-state index is 5.78. The molecule has 1 heterocycles. The zero-order valence-corrected chi connectivity index (χ0v) is 11.3. The van der Waals surface area contributed by atoms with Crippen molar-refractivity contribution in [1.29, 1.82) is 0 Å². The summed E-state index contributed by atoms with van der Waals surface area (Å²) in [6.07, 6.45) is 4.35. The molecular formula is C16H22O. The Balaban J connectivity index is 2.16. The van der Waals surface area contributed by atoms with Gasteiger partial charge in [-0.05, 0) is 61.4 Å². The van der Waals surface area contributed by atoms with E-state index in [1.165, 1.54) is 22.3 Å². The summed E-state index contributed by atoms with van der Waals surface area (Å²) >= 11 is 0. The fraction of sp³-hybridized carbons (Fsp3) is 0.500. The highest BCUT2D eigenvalue weighted by Gasteiger charge is 2.12. The maximum Gasteiger partial charge on any atom is 0.0964 e. The van der Waals surface area contributed by atoms with Gasteiger partial charge >= 0.3 is 0 Å². The molecule has 1 heteroatoms. The lowest BCUT2D eigenvalue weighted by atomic mass is 9.97. The summed E-state index contributed by atoms with van der Waals surface area (Å²) in [6.45, 7) is 9.64. The molecule has 1 unspecified atom stereocenters. The zero-order valence-electron chi connectivity index (χ0n) is 11.3. The number of hydrogen-bond donors (Lipinski definition) is 0. The third-order valence-corrected chi connectivity index (χ3v) is 3.62. The Morgan fingerprint density at radius 3 is 2.47 bits per heavy atom. The van der Waals surface area contributed by atoms with Crippen LogP contribution in [0.5, 0.6) is 0 Å². The largest absolute Gasteiger partial charge is 0.498 e. The summed E-state index contributed by atoms with van der Waals surface area (Å²) in [5.41, 5.74) is 5.51. The minimum Gasteiger partial charge on any atom is -0.498 e. The number of ether oxygens (including phenoxy) is 1. The fourth-order valence-electron chi connectivity index (χ4n) is 2.23. The molecule has 0 N–H and O–H groups in total. The molecule has 1 aliphatic rings. The highest BCUT2D eigenvalue weighted by atomic mass is 16.5. The van der Waals surface area contributed by atoms with E-state index in [4.69, 9.17) is 4.74 Å². The summed E-state index contributed by atoms with van der Waals surface area (Å²) in [4.78, 5) is 0. The van der Waals surface area contributed by atoms with Gasteiger partial charge in [-0.1, -0.05) is 19.1 Å². The Kier molecular flexibility index (Phi) is 3.56. The van der Waals surface area contributed by atoms with Crippen molar-refractivity contribution in [3.63, 3.8) is 0 Å². The van der Waals surface area contributed by atoms with Crippen LogP contribution in [0, 0.1) is 26.7 Å².